The van der Waals surface area contributed by atoms with E-state index in [-0.39, 0.29) is 0 Å². The maximum atomic E-state index is 11.1. The second-order valence-corrected chi connectivity index (χ2v) is 12.6. The Kier molecular flexibility index (Phi) is 9.62. The summed E-state index contributed by atoms with van der Waals surface area (Å²) in [5, 5.41) is 0.570. The number of benzene rings is 3. The van der Waals surface area contributed by atoms with Crippen LogP contribution in [0.1, 0.15) is 30.4 Å². The minimum atomic E-state index is 0.352. The minimum absolute atomic E-state index is 0.352. The highest BCUT2D eigenvalue weighted by atomic mass is 79.9. The number of ether oxygens (including phenoxy) is 2. The minimum Gasteiger partial charge on any atom is -0.485 e. The van der Waals surface area contributed by atoms with Gasteiger partial charge in [-0.15, -0.1) is 0 Å². The number of amides is 1. The van der Waals surface area contributed by atoms with Crippen LogP contribution in [0.2, 0.25) is 0 Å². The average molecular weight is 674 g/mol. The Labute approximate surface area is 269 Å². The van der Waals surface area contributed by atoms with Crippen LogP contribution in [0.4, 0.5) is 5.82 Å². The average Bonchev–Trinajstić information content (AvgIpc) is 3.50. The fourth-order valence-corrected chi connectivity index (χ4v) is 6.55. The van der Waals surface area contributed by atoms with E-state index in [1.807, 2.05) is 82.3 Å². The number of nitrogens with zero attached hydrogens (tertiary/aromatic N) is 5. The van der Waals surface area contributed by atoms with Gasteiger partial charge in [-0.3, -0.25) is 4.79 Å². The molecule has 0 spiro atoms. The zero-order valence-corrected chi connectivity index (χ0v) is 26.5. The van der Waals surface area contributed by atoms with Crippen LogP contribution in [0.5, 0.6) is 11.5 Å². The number of aromatic nitrogens is 4. The Hall–Kier alpha value is -4.09. The van der Waals surface area contributed by atoms with Crippen LogP contribution >= 0.6 is 27.7 Å². The van der Waals surface area contributed by atoms with Crippen molar-refractivity contribution in [1.29, 1.82) is 0 Å². The van der Waals surface area contributed by atoms with Gasteiger partial charge in [-0.05, 0) is 76.1 Å². The number of rotatable bonds is 12. The van der Waals surface area contributed by atoms with E-state index >= 15 is 0 Å². The van der Waals surface area contributed by atoms with Crippen molar-refractivity contribution in [3.63, 3.8) is 0 Å². The van der Waals surface area contributed by atoms with Crippen molar-refractivity contribution in [2.75, 3.05) is 18.8 Å². The molecule has 0 unspecified atom stereocenters. The topological polar surface area (TPSA) is 108 Å². The molecule has 0 saturated carbocycles. The Bertz CT molecular complexity index is 1660. The first-order chi connectivity index (χ1) is 21.6. The Morgan fingerprint density at radius 1 is 0.932 bits per heavy atom. The number of carbonyl (C=O) groups excluding carboxylic acids is 1. The number of carbonyl (C=O) groups is 1. The predicted molar refractivity (Wildman–Crippen MR) is 174 cm³/mol. The SMILES string of the molecule is Nc1ncn(CCC2CCN(C=O)CC2)c2nc(Sc3cc(OCc4ccccc4)c(OCc4ccccc4)cc3Br)nc1-2. The quantitative estimate of drug-likeness (QED) is 0.146. The number of halogens is 1. The first kappa shape index (κ1) is 30.0. The van der Waals surface area contributed by atoms with Gasteiger partial charge in [0, 0.05) is 29.0 Å². The molecule has 0 aromatic heterocycles. The van der Waals surface area contributed by atoms with Gasteiger partial charge in [-0.25, -0.2) is 15.0 Å². The predicted octanol–water partition coefficient (Wildman–Crippen LogP) is 6.69. The fourth-order valence-electron chi connectivity index (χ4n) is 5.20. The maximum Gasteiger partial charge on any atom is 0.209 e. The highest BCUT2D eigenvalue weighted by Gasteiger charge is 2.23. The molecule has 0 radical (unpaired) electrons. The molecule has 1 amide bonds. The summed E-state index contributed by atoms with van der Waals surface area (Å²) in [4.78, 5) is 27.8. The zero-order valence-electron chi connectivity index (χ0n) is 24.1. The van der Waals surface area contributed by atoms with Gasteiger partial charge in [0.15, 0.2) is 34.0 Å². The van der Waals surface area contributed by atoms with Crippen molar-refractivity contribution in [2.24, 2.45) is 5.92 Å². The van der Waals surface area contributed by atoms with Crippen molar-refractivity contribution < 1.29 is 14.3 Å². The number of hydrogen-bond donors (Lipinski definition) is 1. The van der Waals surface area contributed by atoms with Crippen LogP contribution in [0.15, 0.2) is 93.6 Å². The van der Waals surface area contributed by atoms with E-state index in [1.54, 1.807) is 6.33 Å². The lowest BCUT2D eigenvalue weighted by Crippen LogP contribution is -2.32. The van der Waals surface area contributed by atoms with Gasteiger partial charge in [-0.2, -0.15) is 0 Å². The summed E-state index contributed by atoms with van der Waals surface area (Å²) in [6, 6.07) is 24.0. The molecule has 1 saturated heterocycles. The summed E-state index contributed by atoms with van der Waals surface area (Å²) in [6.45, 7) is 3.20. The number of nitrogens with two attached hydrogens (primary N) is 1. The molecular weight excluding hydrogens is 640 g/mol. The second-order valence-electron chi connectivity index (χ2n) is 10.8. The molecule has 3 aromatic carbocycles. The molecule has 3 aliphatic heterocycles. The molecule has 226 valence electrons. The van der Waals surface area contributed by atoms with Crippen molar-refractivity contribution in [3.8, 4) is 23.0 Å². The largest absolute Gasteiger partial charge is 0.485 e. The monoisotopic (exact) mass is 672 g/mol. The molecule has 0 atom stereocenters. The van der Waals surface area contributed by atoms with Crippen molar-refractivity contribution in [1.82, 2.24) is 24.4 Å². The van der Waals surface area contributed by atoms with Crippen LogP contribution < -0.4 is 15.2 Å². The van der Waals surface area contributed by atoms with Crippen LogP contribution in [-0.2, 0) is 24.6 Å². The fraction of sp³-hybridized carbons (Fsp3) is 0.273. The number of likely N-dealkylation sites (tertiary alicyclic amines) is 1. The van der Waals surface area contributed by atoms with E-state index in [4.69, 9.17) is 25.2 Å². The molecule has 6 rings (SSSR count). The summed E-state index contributed by atoms with van der Waals surface area (Å²) in [5.74, 6) is 2.88. The molecule has 44 heavy (non-hydrogen) atoms. The van der Waals surface area contributed by atoms with E-state index in [2.05, 4.69) is 20.9 Å². The lowest BCUT2D eigenvalue weighted by molar-refractivity contribution is -0.119. The van der Waals surface area contributed by atoms with Gasteiger partial charge in [0.25, 0.3) is 0 Å². The summed E-state index contributed by atoms with van der Waals surface area (Å²) in [5.41, 5.74) is 8.95. The number of piperidine rings is 1. The molecule has 3 aromatic rings. The Morgan fingerprint density at radius 3 is 2.20 bits per heavy atom. The molecule has 3 aliphatic rings. The van der Waals surface area contributed by atoms with E-state index < -0.39 is 0 Å². The Balaban J connectivity index is 1.22. The van der Waals surface area contributed by atoms with E-state index in [1.165, 1.54) is 11.8 Å². The summed E-state index contributed by atoms with van der Waals surface area (Å²) < 4.78 is 15.4. The summed E-state index contributed by atoms with van der Waals surface area (Å²) in [7, 11) is 0. The van der Waals surface area contributed by atoms with Gasteiger partial charge in [0.05, 0.1) is 6.33 Å². The van der Waals surface area contributed by atoms with Crippen LogP contribution in [0.3, 0.4) is 0 Å². The molecule has 3 heterocycles. The maximum absolute atomic E-state index is 11.1. The van der Waals surface area contributed by atoms with Gasteiger partial charge < -0.3 is 24.7 Å². The number of fused-ring (bicyclic) bond motifs is 1. The van der Waals surface area contributed by atoms with Gasteiger partial charge in [-0.1, -0.05) is 60.7 Å². The van der Waals surface area contributed by atoms with Crippen LogP contribution in [0, 0.1) is 5.92 Å². The highest BCUT2D eigenvalue weighted by Crippen LogP contribution is 2.42. The third-order valence-electron chi connectivity index (χ3n) is 7.72. The first-order valence-corrected chi connectivity index (χ1v) is 16.2. The van der Waals surface area contributed by atoms with Crippen molar-refractivity contribution >= 4 is 39.9 Å². The number of nitrogen functional groups attached to an aromatic ring is 1. The third-order valence-corrected chi connectivity index (χ3v) is 9.56. The number of aryl methyl sites for hydroxylation is 1. The normalized spacial score (nSPS) is 13.7. The van der Waals surface area contributed by atoms with Crippen LogP contribution in [-0.4, -0.2) is 43.9 Å². The molecule has 2 N–H and O–H groups in total. The summed E-state index contributed by atoms with van der Waals surface area (Å²) >= 11 is 5.16. The number of anilines is 1. The molecule has 11 heteroatoms. The van der Waals surface area contributed by atoms with E-state index in [0.29, 0.717) is 53.1 Å². The Morgan fingerprint density at radius 2 is 1.57 bits per heavy atom. The lowest BCUT2D eigenvalue weighted by atomic mass is 9.94. The van der Waals surface area contributed by atoms with E-state index in [9.17, 15) is 4.79 Å². The van der Waals surface area contributed by atoms with Gasteiger partial charge >= 0.3 is 0 Å². The molecule has 0 bridgehead atoms. The van der Waals surface area contributed by atoms with E-state index in [0.717, 1.165) is 65.8 Å². The smallest absolute Gasteiger partial charge is 0.209 e. The standard InChI is InChI=1S/C33H33BrN6O3S/c34-26-17-27(42-19-24-7-3-1-4-8-24)28(43-20-25-9-5-2-6-10-25)18-29(26)44-33-37-30-31(35)36-21-40(32(30)38-33)16-13-23-11-14-39(22-41)15-12-23/h1-10,17-18,21-23H,11-16,19-20,35H2. The van der Waals surface area contributed by atoms with Crippen LogP contribution in [0.25, 0.3) is 11.5 Å². The summed E-state index contributed by atoms with van der Waals surface area (Å²) in [6.07, 6.45) is 5.68. The van der Waals surface area contributed by atoms with Gasteiger partial charge in [0.2, 0.25) is 6.41 Å². The molecule has 0 aliphatic carbocycles. The van der Waals surface area contributed by atoms with Gasteiger partial charge in [0.1, 0.15) is 13.2 Å². The third kappa shape index (κ3) is 7.34. The molecule has 1 fully saturated rings. The van der Waals surface area contributed by atoms with Crippen molar-refractivity contribution in [3.05, 3.63) is 94.7 Å². The second kappa shape index (κ2) is 14.1. The number of imidazole rings is 1. The number of hydrogen-bond acceptors (Lipinski definition) is 8. The molecular formula is C33H33BrN6O3S. The molecule has 9 nitrogen and oxygen atoms in total. The zero-order chi connectivity index (χ0) is 30.3. The lowest BCUT2D eigenvalue weighted by Gasteiger charge is -2.29. The van der Waals surface area contributed by atoms with Crippen molar-refractivity contribution in [2.45, 2.75) is 49.1 Å². The highest BCUT2D eigenvalue weighted by molar-refractivity contribution is 9.10. The first-order valence-electron chi connectivity index (χ1n) is 14.6.